The molecule has 1 radical (unpaired) electrons. The number of hydrogen-bond acceptors (Lipinski definition) is 28. The van der Waals surface area contributed by atoms with Crippen LogP contribution in [0.3, 0.4) is 0 Å². The van der Waals surface area contributed by atoms with Gasteiger partial charge in [0, 0.05) is 25.4 Å². The van der Waals surface area contributed by atoms with Gasteiger partial charge in [-0.2, -0.15) is 0 Å². The third kappa shape index (κ3) is 18.3. The number of ether oxygens (including phenoxy) is 7. The lowest BCUT2D eigenvalue weighted by molar-refractivity contribution is -0.353. The molecule has 25 unspecified atom stereocenters. The summed E-state index contributed by atoms with van der Waals surface area (Å²) in [6, 6.07) is 8.99. The van der Waals surface area contributed by atoms with Gasteiger partial charge in [-0.1, -0.05) is 68.4 Å². The van der Waals surface area contributed by atoms with E-state index in [1.807, 2.05) is 6.92 Å². The highest BCUT2D eigenvalue weighted by Gasteiger charge is 2.54. The molecule has 3 aromatic rings. The van der Waals surface area contributed by atoms with Crippen LogP contribution in [0.25, 0.3) is 0 Å². The van der Waals surface area contributed by atoms with Crippen molar-refractivity contribution in [1.29, 1.82) is 10.8 Å². The molecule has 36 nitrogen and oxygen atoms in total. The zero-order chi connectivity index (χ0) is 71.2. The Morgan fingerprint density at radius 1 is 0.673 bits per heavy atom. The lowest BCUT2D eigenvalue weighted by Crippen LogP contribution is -2.69. The van der Waals surface area contributed by atoms with Gasteiger partial charge in [-0.05, 0) is 47.4 Å². The van der Waals surface area contributed by atoms with Crippen LogP contribution in [0.2, 0.25) is 0 Å². The molecule has 24 N–H and O–H groups in total. The number of nitrogens with one attached hydrogen (secondary N) is 9. The smallest absolute Gasteiger partial charge is 0.246 e. The molecule has 5 aliphatic heterocycles. The number of aliphatic hydroxyl groups is 13. The molecular weight excluding hydrogens is 1300 g/mol. The Balaban J connectivity index is 0.999. The average molecular weight is 1390 g/mol. The van der Waals surface area contributed by atoms with Crippen LogP contribution in [0, 0.1) is 10.8 Å². The van der Waals surface area contributed by atoms with Crippen molar-refractivity contribution in [3.8, 4) is 11.5 Å². The molecule has 0 aliphatic carbocycles. The lowest BCUT2D eigenvalue weighted by Gasteiger charge is -2.46. The minimum Gasteiger partial charge on any atom is -0.494 e. The number of carbonyl (C=O) groups excluding carboxylic acids is 5. The molecular formula is C62H88N11O25. The molecule has 8 rings (SSSR count). The van der Waals surface area contributed by atoms with Crippen LogP contribution in [0.1, 0.15) is 42.9 Å². The second-order valence-corrected chi connectivity index (χ2v) is 24.3. The Bertz CT molecular complexity index is 3120. The van der Waals surface area contributed by atoms with E-state index in [2.05, 4.69) is 37.2 Å². The van der Waals surface area contributed by atoms with Gasteiger partial charge in [-0.3, -0.25) is 34.8 Å². The van der Waals surface area contributed by atoms with Crippen molar-refractivity contribution < 1.29 is 124 Å². The summed E-state index contributed by atoms with van der Waals surface area (Å²) in [5.41, 5.74) is 8.16. The SMILES string of the molecule is CCCOc1ccc(COCC2OC(OC3C(CO)OC(Oc4ccc(CC(NC(=O)C(N)C(C)c5ccccc5)C(=O)NC(C(=O)NC(C(=O)NC([C]=O)CO)C(O)C5CNC(=N)N5C5OC(CO)C(O)C(O)C5O)C(O)C5CNC(=N)N5)cc4)C(O)C3O)C(O)C(O)C2O)cc1. The Morgan fingerprint density at radius 3 is 1.91 bits per heavy atom. The maximum Gasteiger partial charge on any atom is 0.246 e. The molecule has 3 aromatic carbocycles. The van der Waals surface area contributed by atoms with Crippen LogP contribution < -0.4 is 52.4 Å². The number of benzene rings is 3. The Morgan fingerprint density at radius 2 is 1.28 bits per heavy atom. The summed E-state index contributed by atoms with van der Waals surface area (Å²) in [6.07, 6.45) is -29.0. The summed E-state index contributed by atoms with van der Waals surface area (Å²) in [5, 5.41) is 176. The van der Waals surface area contributed by atoms with Gasteiger partial charge >= 0.3 is 0 Å². The number of guanidine groups is 2. The number of aliphatic hydroxyl groups excluding tert-OH is 13. The standard InChI is InChI=1S/C62H88N11O25/c1-3-17-93-32-13-11-29(12-14-32)25-92-26-39-46(81)48(83)51(86)60(97-39)98-53-38(24-77)96-59(52(87)49(53)84)94-33-15-9-28(10-16-33)18-34(69-55(89)40(63)27(2)30-7-5-4-6-8-30)54(88)71-41(43(78)35-19-66-61(64)70-35)57(91)72-42(56(90)68-31(21-74)22-75)44(79)36-20-67-62(65)73(36)58-50(85)47(82)45(80)37(23-76)95-58/h4-16,27,31,34-53,58-60,74,76-87H,3,17-21,23-26,63H2,1-2H3,(H2,65,67)(H,68,90)(H,69,89)(H,71,88)(H,72,91)(H3,64,66,70). The van der Waals surface area contributed by atoms with Crippen molar-refractivity contribution in [2.45, 2.75) is 186 Å². The van der Waals surface area contributed by atoms with E-state index in [0.717, 1.165) is 16.9 Å². The molecule has 25 atom stereocenters. The van der Waals surface area contributed by atoms with Crippen molar-refractivity contribution in [1.82, 2.24) is 42.1 Å². The fraction of sp³-hybridized carbons (Fsp3) is 0.597. The molecule has 5 heterocycles. The van der Waals surface area contributed by atoms with Crippen LogP contribution in [0.5, 0.6) is 11.5 Å². The van der Waals surface area contributed by atoms with E-state index in [0.29, 0.717) is 17.9 Å². The molecule has 5 fully saturated rings. The Hall–Kier alpha value is -7.41. The van der Waals surface area contributed by atoms with Crippen LogP contribution >= 0.6 is 0 Å². The largest absolute Gasteiger partial charge is 0.494 e. The first kappa shape index (κ1) is 76.3. The van der Waals surface area contributed by atoms with E-state index in [9.17, 15) is 90.4 Å². The Kier molecular flexibility index (Phi) is 27.3. The third-order valence-corrected chi connectivity index (χ3v) is 17.5. The van der Waals surface area contributed by atoms with Crippen LogP contribution in [0.15, 0.2) is 78.9 Å². The topological polar surface area (TPSA) is 574 Å². The fourth-order valence-corrected chi connectivity index (χ4v) is 11.7. The van der Waals surface area contributed by atoms with Gasteiger partial charge in [0.2, 0.25) is 36.2 Å². The molecule has 5 saturated heterocycles. The van der Waals surface area contributed by atoms with E-state index < -0.39 is 215 Å². The minimum atomic E-state index is -2.29. The quantitative estimate of drug-likeness (QED) is 0.0276. The molecule has 36 heteroatoms. The number of amides is 4. The number of carbonyl (C=O) groups is 4. The van der Waals surface area contributed by atoms with Crippen molar-refractivity contribution in [3.63, 3.8) is 0 Å². The number of nitrogens with two attached hydrogens (primary N) is 1. The van der Waals surface area contributed by atoms with Gasteiger partial charge in [0.1, 0.15) is 121 Å². The molecule has 98 heavy (non-hydrogen) atoms. The van der Waals surface area contributed by atoms with Gasteiger partial charge < -0.3 is 147 Å². The normalized spacial score (nSPS) is 31.1. The van der Waals surface area contributed by atoms with Crippen LogP contribution in [-0.2, 0) is 60.7 Å². The lowest BCUT2D eigenvalue weighted by atomic mass is 9.93. The summed E-state index contributed by atoms with van der Waals surface area (Å²) in [4.78, 5) is 70.9. The summed E-state index contributed by atoms with van der Waals surface area (Å²) in [5.74, 6) is -5.87. The van der Waals surface area contributed by atoms with Crippen molar-refractivity contribution >= 4 is 41.8 Å². The second-order valence-electron chi connectivity index (χ2n) is 24.3. The first-order valence-electron chi connectivity index (χ1n) is 31.7. The van der Waals surface area contributed by atoms with Crippen molar-refractivity contribution in [2.24, 2.45) is 5.73 Å². The van der Waals surface area contributed by atoms with Gasteiger partial charge in [0.25, 0.3) is 0 Å². The minimum absolute atomic E-state index is 0.0432. The summed E-state index contributed by atoms with van der Waals surface area (Å²) in [7, 11) is 0. The molecule has 0 spiro atoms. The second kappa shape index (κ2) is 35.1. The molecule has 0 saturated carbocycles. The van der Waals surface area contributed by atoms with E-state index in [-0.39, 0.29) is 37.0 Å². The maximum atomic E-state index is 15.0. The van der Waals surface area contributed by atoms with E-state index in [1.165, 1.54) is 30.6 Å². The maximum absolute atomic E-state index is 15.0. The van der Waals surface area contributed by atoms with Gasteiger partial charge in [-0.25, -0.2) is 0 Å². The Labute approximate surface area is 561 Å². The molecule has 541 valence electrons. The van der Waals surface area contributed by atoms with Gasteiger partial charge in [0.15, 0.2) is 24.4 Å². The van der Waals surface area contributed by atoms with E-state index >= 15 is 0 Å². The highest BCUT2D eigenvalue weighted by molar-refractivity contribution is 5.96. The van der Waals surface area contributed by atoms with Gasteiger partial charge in [0.05, 0.1) is 57.8 Å². The first-order chi connectivity index (χ1) is 46.8. The molecule has 5 aliphatic rings. The molecule has 4 amide bonds. The van der Waals surface area contributed by atoms with Gasteiger partial charge in [-0.15, -0.1) is 0 Å². The highest BCUT2D eigenvalue weighted by atomic mass is 16.7. The number of hydrogen-bond donors (Lipinski definition) is 23. The molecule has 0 aromatic heterocycles. The van der Waals surface area contributed by atoms with E-state index in [4.69, 9.17) is 49.7 Å². The number of nitrogens with zero attached hydrogens (tertiary/aromatic N) is 1. The summed E-state index contributed by atoms with van der Waals surface area (Å²) in [6.45, 7) is 0.429. The summed E-state index contributed by atoms with van der Waals surface area (Å²) >= 11 is 0. The summed E-state index contributed by atoms with van der Waals surface area (Å²) < 4.78 is 40.5. The molecule has 0 bridgehead atoms. The zero-order valence-electron chi connectivity index (χ0n) is 53.2. The first-order valence-corrected chi connectivity index (χ1v) is 31.7. The fourth-order valence-electron chi connectivity index (χ4n) is 11.7. The number of rotatable bonds is 32. The predicted molar refractivity (Wildman–Crippen MR) is 335 cm³/mol. The highest BCUT2D eigenvalue weighted by Crippen LogP contribution is 2.33. The van der Waals surface area contributed by atoms with Crippen molar-refractivity contribution in [2.75, 3.05) is 46.1 Å². The predicted octanol–water partition coefficient (Wildman–Crippen LogP) is -9.36. The zero-order valence-corrected chi connectivity index (χ0v) is 53.2. The van der Waals surface area contributed by atoms with Crippen LogP contribution in [-0.4, -0.2) is 306 Å². The average Bonchev–Trinajstić information content (AvgIpc) is 1.46. The third-order valence-electron chi connectivity index (χ3n) is 17.5. The monoisotopic (exact) mass is 1390 g/mol. The van der Waals surface area contributed by atoms with E-state index in [1.54, 1.807) is 61.5 Å². The van der Waals surface area contributed by atoms with Crippen molar-refractivity contribution in [3.05, 3.63) is 95.6 Å². The van der Waals surface area contributed by atoms with Crippen LogP contribution in [0.4, 0.5) is 0 Å².